The first-order valence-corrected chi connectivity index (χ1v) is 16.2. The molecule has 6 nitrogen and oxygen atoms in total. The van der Waals surface area contributed by atoms with Crippen molar-refractivity contribution in [2.45, 2.75) is 69.7 Å². The average molecular weight is 631 g/mol. The molecule has 0 amide bonds. The predicted molar refractivity (Wildman–Crippen MR) is 181 cm³/mol. The Labute approximate surface area is 277 Å². The summed E-state index contributed by atoms with van der Waals surface area (Å²) in [5.74, 6) is 0. The van der Waals surface area contributed by atoms with Crippen LogP contribution in [0, 0.1) is 0 Å². The van der Waals surface area contributed by atoms with Crippen LogP contribution >= 0.6 is 0 Å². The summed E-state index contributed by atoms with van der Waals surface area (Å²) < 4.78 is 33.3. The predicted octanol–water partition coefficient (Wildman–Crippen LogP) is 7.29. The van der Waals surface area contributed by atoms with Gasteiger partial charge in [0.05, 0.1) is 33.0 Å². The minimum atomic E-state index is -1.07. The van der Waals surface area contributed by atoms with E-state index in [4.69, 9.17) is 23.7 Å². The normalized spacial score (nSPS) is 22.6. The van der Waals surface area contributed by atoms with E-state index >= 15 is 0 Å². The van der Waals surface area contributed by atoms with Crippen LogP contribution in [-0.2, 0) is 56.7 Å². The van der Waals surface area contributed by atoms with E-state index < -0.39 is 36.6 Å². The average Bonchev–Trinajstić information content (AvgIpc) is 3.14. The van der Waals surface area contributed by atoms with Gasteiger partial charge in [0.1, 0.15) is 36.6 Å². The van der Waals surface area contributed by atoms with Crippen LogP contribution < -0.4 is 0 Å². The zero-order valence-electron chi connectivity index (χ0n) is 26.4. The van der Waals surface area contributed by atoms with Gasteiger partial charge < -0.3 is 28.8 Å². The molecule has 1 fully saturated rings. The molecular formula is C41H42O6. The summed E-state index contributed by atoms with van der Waals surface area (Å²) in [6, 6.07) is 49.9. The fourth-order valence-corrected chi connectivity index (χ4v) is 5.93. The summed E-state index contributed by atoms with van der Waals surface area (Å²) in [7, 11) is 0. The van der Waals surface area contributed by atoms with Crippen molar-refractivity contribution in [1.29, 1.82) is 0 Å². The number of hydrogen-bond donors (Lipinski definition) is 1. The highest BCUT2D eigenvalue weighted by Gasteiger charge is 2.54. The van der Waals surface area contributed by atoms with Gasteiger partial charge in [-0.3, -0.25) is 0 Å². The SMILES string of the molecule is O[C@@H]1[C@@H](OCc2ccccc2)[C@H](OCc2ccccc2)[C@@H](OCc2ccccc2)[C@H](OCc2ccccc2)[C@@H]1OCc1ccccc1. The van der Waals surface area contributed by atoms with Crippen molar-refractivity contribution in [3.8, 4) is 0 Å². The summed E-state index contributed by atoms with van der Waals surface area (Å²) in [4.78, 5) is 0. The van der Waals surface area contributed by atoms with Crippen molar-refractivity contribution in [2.75, 3.05) is 0 Å². The number of aliphatic hydroxyl groups is 1. The van der Waals surface area contributed by atoms with Crippen molar-refractivity contribution in [1.82, 2.24) is 0 Å². The fraction of sp³-hybridized carbons (Fsp3) is 0.268. The van der Waals surface area contributed by atoms with E-state index in [1.165, 1.54) is 0 Å². The third kappa shape index (κ3) is 9.24. The molecule has 0 aromatic heterocycles. The van der Waals surface area contributed by atoms with Crippen LogP contribution in [0.15, 0.2) is 152 Å². The van der Waals surface area contributed by atoms with Crippen molar-refractivity contribution in [3.05, 3.63) is 179 Å². The van der Waals surface area contributed by atoms with Crippen LogP contribution in [0.5, 0.6) is 0 Å². The molecule has 0 bridgehead atoms. The van der Waals surface area contributed by atoms with Crippen LogP contribution in [0.4, 0.5) is 0 Å². The fourth-order valence-electron chi connectivity index (χ4n) is 5.93. The maximum absolute atomic E-state index is 12.2. The first kappa shape index (κ1) is 32.8. The number of aliphatic hydroxyl groups excluding tert-OH is 1. The Hall–Kier alpha value is -4.14. The van der Waals surface area contributed by atoms with Gasteiger partial charge >= 0.3 is 0 Å². The van der Waals surface area contributed by atoms with E-state index in [2.05, 4.69) is 0 Å². The summed E-state index contributed by atoms with van der Waals surface area (Å²) in [5.41, 5.74) is 5.02. The Balaban J connectivity index is 1.35. The van der Waals surface area contributed by atoms with Crippen molar-refractivity contribution in [3.63, 3.8) is 0 Å². The van der Waals surface area contributed by atoms with Crippen molar-refractivity contribution >= 4 is 0 Å². The summed E-state index contributed by atoms with van der Waals surface area (Å²) >= 11 is 0. The van der Waals surface area contributed by atoms with Gasteiger partial charge in [0.2, 0.25) is 0 Å². The minimum Gasteiger partial charge on any atom is -0.387 e. The number of rotatable bonds is 15. The first-order valence-electron chi connectivity index (χ1n) is 16.2. The van der Waals surface area contributed by atoms with E-state index in [1.54, 1.807) is 0 Å². The Bertz CT molecular complexity index is 1470. The monoisotopic (exact) mass is 630 g/mol. The van der Waals surface area contributed by atoms with Gasteiger partial charge in [-0.05, 0) is 27.8 Å². The third-order valence-corrected chi connectivity index (χ3v) is 8.39. The Kier molecular flexibility index (Phi) is 12.0. The molecule has 1 N–H and O–H groups in total. The maximum Gasteiger partial charge on any atom is 0.116 e. The van der Waals surface area contributed by atoms with Crippen LogP contribution in [0.3, 0.4) is 0 Å². The van der Waals surface area contributed by atoms with Crippen molar-refractivity contribution < 1.29 is 28.8 Å². The molecule has 0 radical (unpaired) electrons. The van der Waals surface area contributed by atoms with E-state index in [0.29, 0.717) is 33.0 Å². The molecule has 0 heterocycles. The number of ether oxygens (including phenoxy) is 5. The first-order chi connectivity index (χ1) is 23.2. The molecule has 1 aliphatic carbocycles. The van der Waals surface area contributed by atoms with Gasteiger partial charge in [-0.2, -0.15) is 0 Å². The van der Waals surface area contributed by atoms with Crippen LogP contribution in [0.1, 0.15) is 27.8 Å². The molecule has 47 heavy (non-hydrogen) atoms. The highest BCUT2D eigenvalue weighted by molar-refractivity contribution is 5.18. The molecule has 0 saturated heterocycles. The number of benzene rings is 5. The highest BCUT2D eigenvalue weighted by atomic mass is 16.6. The topological polar surface area (TPSA) is 66.4 Å². The smallest absolute Gasteiger partial charge is 0.116 e. The van der Waals surface area contributed by atoms with Gasteiger partial charge in [0.15, 0.2) is 0 Å². The Morgan fingerprint density at radius 1 is 0.298 bits per heavy atom. The van der Waals surface area contributed by atoms with Gasteiger partial charge in [-0.25, -0.2) is 0 Å². The van der Waals surface area contributed by atoms with Gasteiger partial charge in [-0.15, -0.1) is 0 Å². The van der Waals surface area contributed by atoms with E-state index in [9.17, 15) is 5.11 Å². The highest BCUT2D eigenvalue weighted by Crippen LogP contribution is 2.35. The minimum absolute atomic E-state index is 0.292. The largest absolute Gasteiger partial charge is 0.387 e. The van der Waals surface area contributed by atoms with Gasteiger partial charge in [-0.1, -0.05) is 152 Å². The molecule has 0 aliphatic heterocycles. The molecule has 1 aliphatic rings. The van der Waals surface area contributed by atoms with Crippen LogP contribution in [0.2, 0.25) is 0 Å². The molecule has 6 rings (SSSR count). The molecule has 6 heteroatoms. The summed E-state index contributed by atoms with van der Waals surface area (Å²) in [6.07, 6.45) is -4.58. The zero-order chi connectivity index (χ0) is 32.1. The lowest BCUT2D eigenvalue weighted by molar-refractivity contribution is -0.283. The van der Waals surface area contributed by atoms with Crippen LogP contribution in [-0.4, -0.2) is 41.7 Å². The maximum atomic E-state index is 12.2. The second kappa shape index (κ2) is 17.1. The van der Waals surface area contributed by atoms with Crippen LogP contribution in [0.25, 0.3) is 0 Å². The molecule has 0 spiro atoms. The summed E-state index contributed by atoms with van der Waals surface area (Å²) in [6.45, 7) is 1.54. The lowest BCUT2D eigenvalue weighted by Crippen LogP contribution is -2.66. The molecular weight excluding hydrogens is 588 g/mol. The van der Waals surface area contributed by atoms with E-state index in [1.807, 2.05) is 152 Å². The Morgan fingerprint density at radius 3 is 0.723 bits per heavy atom. The van der Waals surface area contributed by atoms with E-state index in [-0.39, 0.29) is 0 Å². The van der Waals surface area contributed by atoms with Gasteiger partial charge in [0, 0.05) is 0 Å². The quantitative estimate of drug-likeness (QED) is 0.131. The van der Waals surface area contributed by atoms with Gasteiger partial charge in [0.25, 0.3) is 0 Å². The van der Waals surface area contributed by atoms with E-state index in [0.717, 1.165) is 27.8 Å². The molecule has 6 atom stereocenters. The molecule has 5 aromatic carbocycles. The zero-order valence-corrected chi connectivity index (χ0v) is 26.4. The van der Waals surface area contributed by atoms with Crippen molar-refractivity contribution in [2.24, 2.45) is 0 Å². The number of hydrogen-bond acceptors (Lipinski definition) is 6. The third-order valence-electron chi connectivity index (χ3n) is 8.39. The summed E-state index contributed by atoms with van der Waals surface area (Å²) in [5, 5.41) is 12.2. The second-order valence-electron chi connectivity index (χ2n) is 11.8. The molecule has 1 saturated carbocycles. The lowest BCUT2D eigenvalue weighted by atomic mass is 9.83. The standard InChI is InChI=1S/C41H42O6/c42-36-37(43-26-31-16-6-1-7-17-31)39(45-28-33-20-10-3-11-21-33)41(47-30-35-24-14-5-15-25-35)40(46-29-34-22-12-4-13-23-34)38(36)44-27-32-18-8-2-9-19-32/h1-25,36-42H,26-30H2/t36-,37-,38-,39+,40-,41-/m1/s1. The molecule has 0 unspecified atom stereocenters. The second-order valence-corrected chi connectivity index (χ2v) is 11.8. The molecule has 5 aromatic rings. The Morgan fingerprint density at radius 2 is 0.489 bits per heavy atom. The lowest BCUT2D eigenvalue weighted by Gasteiger charge is -2.48. The molecule has 242 valence electrons.